The number of urea groups is 1. The molecule has 2 aliphatic rings. The highest BCUT2D eigenvalue weighted by atomic mass is 16.4. The smallest absolute Gasteiger partial charge is 0.320 e. The summed E-state index contributed by atoms with van der Waals surface area (Å²) in [7, 11) is 0. The third kappa shape index (κ3) is 3.39. The van der Waals surface area contributed by atoms with Gasteiger partial charge in [0.15, 0.2) is 0 Å². The van der Waals surface area contributed by atoms with Crippen molar-refractivity contribution in [2.75, 3.05) is 26.2 Å². The quantitative estimate of drug-likeness (QED) is 0.814. The van der Waals surface area contributed by atoms with Crippen LogP contribution >= 0.6 is 0 Å². The lowest BCUT2D eigenvalue weighted by Crippen LogP contribution is -2.54. The molecule has 2 aliphatic heterocycles. The second-order valence-electron chi connectivity index (χ2n) is 6.39. The Balaban J connectivity index is 2.06. The monoisotopic (exact) mass is 294 g/mol. The van der Waals surface area contributed by atoms with Crippen molar-refractivity contribution in [3.05, 3.63) is 11.6 Å². The minimum absolute atomic E-state index is 0.000165. The number of rotatable bonds is 3. The predicted octanol–water partition coefficient (Wildman–Crippen LogP) is 2.73. The van der Waals surface area contributed by atoms with Gasteiger partial charge < -0.3 is 14.9 Å². The number of carbonyl (C=O) groups excluding carboxylic acids is 1. The number of amides is 2. The SMILES string of the molecule is CCCC1(C(=O)O)CCCN(C(=O)N2CC=C(C)CC2)C1. The molecule has 1 unspecified atom stereocenters. The van der Waals surface area contributed by atoms with Crippen molar-refractivity contribution in [1.29, 1.82) is 0 Å². The molecule has 0 radical (unpaired) electrons. The van der Waals surface area contributed by atoms with Crippen LogP contribution in [0.3, 0.4) is 0 Å². The van der Waals surface area contributed by atoms with Crippen LogP contribution in [0.25, 0.3) is 0 Å². The molecule has 2 rings (SSSR count). The Morgan fingerprint density at radius 3 is 2.67 bits per heavy atom. The van der Waals surface area contributed by atoms with E-state index in [1.807, 2.05) is 11.8 Å². The molecular formula is C16H26N2O3. The van der Waals surface area contributed by atoms with Gasteiger partial charge in [-0.05, 0) is 32.6 Å². The molecule has 5 nitrogen and oxygen atoms in total. The summed E-state index contributed by atoms with van der Waals surface area (Å²) in [5, 5.41) is 9.60. The van der Waals surface area contributed by atoms with E-state index >= 15 is 0 Å². The molecule has 118 valence electrons. The lowest BCUT2D eigenvalue weighted by Gasteiger charge is -2.42. The summed E-state index contributed by atoms with van der Waals surface area (Å²) in [5.74, 6) is -0.753. The van der Waals surface area contributed by atoms with Crippen molar-refractivity contribution in [3.63, 3.8) is 0 Å². The average molecular weight is 294 g/mol. The summed E-state index contributed by atoms with van der Waals surface area (Å²) in [4.78, 5) is 27.9. The van der Waals surface area contributed by atoms with E-state index in [1.54, 1.807) is 4.90 Å². The number of piperidine rings is 1. The van der Waals surface area contributed by atoms with Gasteiger partial charge in [0.25, 0.3) is 0 Å². The fraction of sp³-hybridized carbons (Fsp3) is 0.750. The van der Waals surface area contributed by atoms with Gasteiger partial charge in [-0.25, -0.2) is 4.79 Å². The lowest BCUT2D eigenvalue weighted by atomic mass is 9.76. The largest absolute Gasteiger partial charge is 0.481 e. The number of hydrogen-bond acceptors (Lipinski definition) is 2. The Morgan fingerprint density at radius 2 is 2.10 bits per heavy atom. The van der Waals surface area contributed by atoms with E-state index in [4.69, 9.17) is 0 Å². The molecule has 2 heterocycles. The van der Waals surface area contributed by atoms with Crippen LogP contribution in [-0.2, 0) is 4.79 Å². The van der Waals surface area contributed by atoms with Gasteiger partial charge in [-0.1, -0.05) is 25.0 Å². The number of carboxylic acids is 1. The second kappa shape index (κ2) is 6.50. The number of hydrogen-bond donors (Lipinski definition) is 1. The van der Waals surface area contributed by atoms with E-state index < -0.39 is 11.4 Å². The van der Waals surface area contributed by atoms with Gasteiger partial charge in [-0.2, -0.15) is 0 Å². The number of carbonyl (C=O) groups is 2. The first kappa shape index (κ1) is 15.9. The molecule has 0 saturated carbocycles. The maximum Gasteiger partial charge on any atom is 0.320 e. The van der Waals surface area contributed by atoms with Crippen LogP contribution in [0.5, 0.6) is 0 Å². The molecule has 0 spiro atoms. The zero-order valence-electron chi connectivity index (χ0n) is 13.1. The standard InChI is InChI=1S/C16H26N2O3/c1-3-7-16(14(19)20)8-4-9-18(12-16)15(21)17-10-5-13(2)6-11-17/h5H,3-4,6-12H2,1-2H3,(H,19,20). The van der Waals surface area contributed by atoms with E-state index in [0.29, 0.717) is 32.5 Å². The molecule has 1 atom stereocenters. The number of nitrogens with zero attached hydrogens (tertiary/aromatic N) is 2. The minimum atomic E-state index is -0.753. The van der Waals surface area contributed by atoms with E-state index in [2.05, 4.69) is 13.0 Å². The highest BCUT2D eigenvalue weighted by molar-refractivity contribution is 5.79. The summed E-state index contributed by atoms with van der Waals surface area (Å²) >= 11 is 0. The normalized spacial score (nSPS) is 26.5. The third-order valence-electron chi connectivity index (χ3n) is 4.74. The molecule has 5 heteroatoms. The van der Waals surface area contributed by atoms with Crippen molar-refractivity contribution in [2.45, 2.75) is 46.0 Å². The predicted molar refractivity (Wildman–Crippen MR) is 81.1 cm³/mol. The fourth-order valence-electron chi connectivity index (χ4n) is 3.40. The molecule has 1 saturated heterocycles. The Kier molecular flexibility index (Phi) is 4.91. The van der Waals surface area contributed by atoms with Crippen molar-refractivity contribution < 1.29 is 14.7 Å². The summed E-state index contributed by atoms with van der Waals surface area (Å²) in [5.41, 5.74) is 0.577. The van der Waals surface area contributed by atoms with Crippen molar-refractivity contribution in [1.82, 2.24) is 9.80 Å². The molecule has 0 aromatic rings. The second-order valence-corrected chi connectivity index (χ2v) is 6.39. The van der Waals surface area contributed by atoms with Crippen molar-refractivity contribution >= 4 is 12.0 Å². The summed E-state index contributed by atoms with van der Waals surface area (Å²) in [6.45, 7) is 6.51. The molecule has 1 N–H and O–H groups in total. The van der Waals surface area contributed by atoms with Gasteiger partial charge in [0.05, 0.1) is 5.41 Å². The molecule has 0 bridgehead atoms. The Hall–Kier alpha value is -1.52. The van der Waals surface area contributed by atoms with Crippen molar-refractivity contribution in [2.24, 2.45) is 5.41 Å². The van der Waals surface area contributed by atoms with E-state index in [-0.39, 0.29) is 6.03 Å². The molecular weight excluding hydrogens is 268 g/mol. The van der Waals surface area contributed by atoms with Gasteiger partial charge in [0, 0.05) is 26.2 Å². The maximum atomic E-state index is 12.6. The Labute approximate surface area is 126 Å². The molecule has 0 aromatic heterocycles. The van der Waals surface area contributed by atoms with Crippen LogP contribution in [0, 0.1) is 5.41 Å². The molecule has 2 amide bonds. The lowest BCUT2D eigenvalue weighted by molar-refractivity contribution is -0.152. The highest BCUT2D eigenvalue weighted by Gasteiger charge is 2.43. The van der Waals surface area contributed by atoms with Gasteiger partial charge >= 0.3 is 12.0 Å². The molecule has 0 aliphatic carbocycles. The van der Waals surface area contributed by atoms with Crippen molar-refractivity contribution in [3.8, 4) is 0 Å². The first-order valence-electron chi connectivity index (χ1n) is 7.91. The summed E-state index contributed by atoms with van der Waals surface area (Å²) in [6.07, 6.45) is 5.94. The maximum absolute atomic E-state index is 12.6. The van der Waals surface area contributed by atoms with Gasteiger partial charge in [0.1, 0.15) is 0 Å². The van der Waals surface area contributed by atoms with E-state index in [9.17, 15) is 14.7 Å². The Morgan fingerprint density at radius 1 is 1.33 bits per heavy atom. The zero-order chi connectivity index (χ0) is 15.5. The molecule has 21 heavy (non-hydrogen) atoms. The van der Waals surface area contributed by atoms with Crippen LogP contribution in [0.1, 0.15) is 46.0 Å². The first-order valence-corrected chi connectivity index (χ1v) is 7.91. The molecule has 0 aromatic carbocycles. The zero-order valence-corrected chi connectivity index (χ0v) is 13.1. The summed E-state index contributed by atoms with van der Waals surface area (Å²) in [6, 6.07) is 0.000165. The van der Waals surface area contributed by atoms with E-state index in [1.165, 1.54) is 5.57 Å². The van der Waals surface area contributed by atoms with Gasteiger partial charge in [-0.15, -0.1) is 0 Å². The topological polar surface area (TPSA) is 60.9 Å². The first-order chi connectivity index (χ1) is 9.98. The van der Waals surface area contributed by atoms with Gasteiger partial charge in [-0.3, -0.25) is 4.79 Å². The highest BCUT2D eigenvalue weighted by Crippen LogP contribution is 2.35. The average Bonchev–Trinajstić information content (AvgIpc) is 2.48. The van der Waals surface area contributed by atoms with Crippen LogP contribution in [0.15, 0.2) is 11.6 Å². The van der Waals surface area contributed by atoms with Gasteiger partial charge in [0.2, 0.25) is 0 Å². The Bertz CT molecular complexity index is 443. The van der Waals surface area contributed by atoms with Crippen LogP contribution in [0.2, 0.25) is 0 Å². The fourth-order valence-corrected chi connectivity index (χ4v) is 3.40. The van der Waals surface area contributed by atoms with E-state index in [0.717, 1.165) is 25.8 Å². The van der Waals surface area contributed by atoms with Crippen LogP contribution in [0.4, 0.5) is 4.79 Å². The summed E-state index contributed by atoms with van der Waals surface area (Å²) < 4.78 is 0. The third-order valence-corrected chi connectivity index (χ3v) is 4.74. The minimum Gasteiger partial charge on any atom is -0.481 e. The number of aliphatic carboxylic acids is 1. The van der Waals surface area contributed by atoms with Crippen LogP contribution in [-0.4, -0.2) is 53.1 Å². The molecule has 1 fully saturated rings. The number of carboxylic acid groups (broad SMARTS) is 1. The van der Waals surface area contributed by atoms with Crippen LogP contribution < -0.4 is 0 Å². The number of likely N-dealkylation sites (tertiary alicyclic amines) is 1.